The van der Waals surface area contributed by atoms with Gasteiger partial charge in [-0.2, -0.15) is 0 Å². The second kappa shape index (κ2) is 5.02. The molecule has 0 aliphatic rings. The van der Waals surface area contributed by atoms with Crippen LogP contribution >= 0.6 is 11.3 Å². The van der Waals surface area contributed by atoms with Gasteiger partial charge in [-0.05, 0) is 0 Å². The Balaban J connectivity index is 2.22. The second-order valence-electron chi connectivity index (χ2n) is 5.15. The highest BCUT2D eigenvalue weighted by molar-refractivity contribution is 7.09. The molecule has 0 aliphatic heterocycles. The Kier molecular flexibility index (Phi) is 3.61. The van der Waals surface area contributed by atoms with E-state index >= 15 is 0 Å². The fourth-order valence-corrected chi connectivity index (χ4v) is 2.61. The van der Waals surface area contributed by atoms with Crippen LogP contribution in [0.25, 0.3) is 0 Å². The standard InChI is InChI=1S/C13H18N4S/c1-13(2,3)10-8-18-11(17-10)7-9-12(14-4)16-6-5-15-9/h5-6,8H,7H2,1-4H3,(H,14,16). The van der Waals surface area contributed by atoms with Gasteiger partial charge in [-0.25, -0.2) is 9.97 Å². The zero-order valence-corrected chi connectivity index (χ0v) is 12.0. The van der Waals surface area contributed by atoms with Gasteiger partial charge < -0.3 is 5.32 Å². The van der Waals surface area contributed by atoms with Crippen LogP contribution < -0.4 is 5.32 Å². The van der Waals surface area contributed by atoms with E-state index in [-0.39, 0.29) is 5.41 Å². The number of nitrogens with zero attached hydrogens (tertiary/aromatic N) is 3. The van der Waals surface area contributed by atoms with Gasteiger partial charge in [-0.3, -0.25) is 4.98 Å². The fourth-order valence-electron chi connectivity index (χ4n) is 1.58. The summed E-state index contributed by atoms with van der Waals surface area (Å²) < 4.78 is 0. The van der Waals surface area contributed by atoms with Gasteiger partial charge >= 0.3 is 0 Å². The molecule has 0 fully saturated rings. The molecule has 2 rings (SSSR count). The molecule has 2 heterocycles. The van der Waals surface area contributed by atoms with Gasteiger partial charge in [0.25, 0.3) is 0 Å². The molecule has 18 heavy (non-hydrogen) atoms. The van der Waals surface area contributed by atoms with Crippen LogP contribution in [0.15, 0.2) is 17.8 Å². The smallest absolute Gasteiger partial charge is 0.147 e. The van der Waals surface area contributed by atoms with Gasteiger partial charge in [0, 0.05) is 36.7 Å². The molecule has 96 valence electrons. The number of rotatable bonds is 3. The van der Waals surface area contributed by atoms with E-state index in [0.29, 0.717) is 0 Å². The minimum absolute atomic E-state index is 0.100. The first kappa shape index (κ1) is 13.0. The summed E-state index contributed by atoms with van der Waals surface area (Å²) in [4.78, 5) is 13.3. The molecule has 0 radical (unpaired) electrons. The normalized spacial score (nSPS) is 11.6. The van der Waals surface area contributed by atoms with Crippen molar-refractivity contribution in [2.75, 3.05) is 12.4 Å². The van der Waals surface area contributed by atoms with E-state index in [1.165, 1.54) is 0 Å². The Morgan fingerprint density at radius 3 is 2.56 bits per heavy atom. The highest BCUT2D eigenvalue weighted by Gasteiger charge is 2.18. The van der Waals surface area contributed by atoms with Crippen molar-refractivity contribution in [1.82, 2.24) is 15.0 Å². The molecule has 0 aromatic carbocycles. The highest BCUT2D eigenvalue weighted by atomic mass is 32.1. The maximum Gasteiger partial charge on any atom is 0.147 e. The summed E-state index contributed by atoms with van der Waals surface area (Å²) in [6, 6.07) is 0. The van der Waals surface area contributed by atoms with Gasteiger partial charge in [0.15, 0.2) is 0 Å². The SMILES string of the molecule is CNc1nccnc1Cc1nc(C(C)(C)C)cs1. The summed E-state index contributed by atoms with van der Waals surface area (Å²) in [5.41, 5.74) is 2.18. The van der Waals surface area contributed by atoms with Crippen LogP contribution in [-0.4, -0.2) is 22.0 Å². The summed E-state index contributed by atoms with van der Waals surface area (Å²) in [6.07, 6.45) is 4.14. The Labute approximate surface area is 112 Å². The minimum atomic E-state index is 0.100. The summed E-state index contributed by atoms with van der Waals surface area (Å²) in [6.45, 7) is 6.52. The largest absolute Gasteiger partial charge is 0.372 e. The van der Waals surface area contributed by atoms with Gasteiger partial charge in [0.05, 0.1) is 16.4 Å². The first-order chi connectivity index (χ1) is 8.50. The number of anilines is 1. The van der Waals surface area contributed by atoms with Crippen molar-refractivity contribution >= 4 is 17.2 Å². The van der Waals surface area contributed by atoms with Crippen LogP contribution in [0.3, 0.4) is 0 Å². The lowest BCUT2D eigenvalue weighted by Crippen LogP contribution is -2.11. The van der Waals surface area contributed by atoms with Crippen molar-refractivity contribution in [3.8, 4) is 0 Å². The highest BCUT2D eigenvalue weighted by Crippen LogP contribution is 2.25. The maximum absolute atomic E-state index is 4.68. The number of nitrogens with one attached hydrogen (secondary N) is 1. The molecule has 0 saturated heterocycles. The molecule has 4 nitrogen and oxygen atoms in total. The predicted octanol–water partition coefficient (Wildman–Crippen LogP) is 2.86. The van der Waals surface area contributed by atoms with Crippen LogP contribution in [0.5, 0.6) is 0 Å². The zero-order valence-electron chi connectivity index (χ0n) is 11.2. The van der Waals surface area contributed by atoms with Crippen molar-refractivity contribution in [2.45, 2.75) is 32.6 Å². The van der Waals surface area contributed by atoms with Crippen molar-refractivity contribution in [3.05, 3.63) is 34.2 Å². The Hall–Kier alpha value is -1.49. The molecule has 0 atom stereocenters. The molecule has 1 N–H and O–H groups in total. The first-order valence-corrected chi connectivity index (χ1v) is 6.81. The molecule has 0 unspecified atom stereocenters. The minimum Gasteiger partial charge on any atom is -0.372 e. The maximum atomic E-state index is 4.68. The van der Waals surface area contributed by atoms with Crippen molar-refractivity contribution in [3.63, 3.8) is 0 Å². The average molecular weight is 262 g/mol. The quantitative estimate of drug-likeness (QED) is 0.924. The third-order valence-corrected chi connectivity index (χ3v) is 3.50. The Bertz CT molecular complexity index is 528. The number of thiazole rings is 1. The third-order valence-electron chi connectivity index (χ3n) is 2.65. The van der Waals surface area contributed by atoms with E-state index in [2.05, 4.69) is 46.4 Å². The fraction of sp³-hybridized carbons (Fsp3) is 0.462. The lowest BCUT2D eigenvalue weighted by molar-refractivity contribution is 0.571. The van der Waals surface area contributed by atoms with E-state index in [4.69, 9.17) is 0 Å². The number of hydrogen-bond donors (Lipinski definition) is 1. The van der Waals surface area contributed by atoms with Crippen molar-refractivity contribution < 1.29 is 0 Å². The monoisotopic (exact) mass is 262 g/mol. The van der Waals surface area contributed by atoms with Crippen LogP contribution in [0.2, 0.25) is 0 Å². The van der Waals surface area contributed by atoms with E-state index in [1.807, 2.05) is 7.05 Å². The van der Waals surface area contributed by atoms with Crippen molar-refractivity contribution in [2.24, 2.45) is 0 Å². The predicted molar refractivity (Wildman–Crippen MR) is 75.2 cm³/mol. The van der Waals surface area contributed by atoms with Crippen LogP contribution in [0.4, 0.5) is 5.82 Å². The molecule has 2 aromatic rings. The number of aromatic nitrogens is 3. The van der Waals surface area contributed by atoms with Crippen LogP contribution in [-0.2, 0) is 11.8 Å². The Morgan fingerprint density at radius 2 is 1.94 bits per heavy atom. The molecule has 0 amide bonds. The first-order valence-electron chi connectivity index (χ1n) is 5.93. The molecule has 0 spiro atoms. The number of hydrogen-bond acceptors (Lipinski definition) is 5. The second-order valence-corrected chi connectivity index (χ2v) is 6.10. The summed E-state index contributed by atoms with van der Waals surface area (Å²) in [5.74, 6) is 0.824. The molecule has 0 saturated carbocycles. The summed E-state index contributed by atoms with van der Waals surface area (Å²) >= 11 is 1.68. The van der Waals surface area contributed by atoms with E-state index in [9.17, 15) is 0 Å². The topological polar surface area (TPSA) is 50.7 Å². The van der Waals surface area contributed by atoms with Crippen LogP contribution in [0, 0.1) is 0 Å². The molecule has 0 aliphatic carbocycles. The summed E-state index contributed by atoms with van der Waals surface area (Å²) in [7, 11) is 1.86. The Morgan fingerprint density at radius 1 is 1.22 bits per heavy atom. The zero-order chi connectivity index (χ0) is 13.2. The lowest BCUT2D eigenvalue weighted by Gasteiger charge is -2.14. The molecular weight excluding hydrogens is 244 g/mol. The van der Waals surface area contributed by atoms with Gasteiger partial charge in [-0.1, -0.05) is 20.8 Å². The van der Waals surface area contributed by atoms with Gasteiger partial charge in [-0.15, -0.1) is 11.3 Å². The molecular formula is C13H18N4S. The van der Waals surface area contributed by atoms with E-state index < -0.39 is 0 Å². The average Bonchev–Trinajstić information content (AvgIpc) is 2.78. The van der Waals surface area contributed by atoms with Gasteiger partial charge in [0.1, 0.15) is 5.82 Å². The van der Waals surface area contributed by atoms with E-state index in [1.54, 1.807) is 23.7 Å². The van der Waals surface area contributed by atoms with Crippen molar-refractivity contribution in [1.29, 1.82) is 0 Å². The van der Waals surface area contributed by atoms with Crippen LogP contribution in [0.1, 0.15) is 37.2 Å². The molecule has 5 heteroatoms. The lowest BCUT2D eigenvalue weighted by atomic mass is 9.93. The third kappa shape index (κ3) is 2.85. The molecule has 2 aromatic heterocycles. The molecule has 0 bridgehead atoms. The van der Waals surface area contributed by atoms with Gasteiger partial charge in [0.2, 0.25) is 0 Å². The summed E-state index contributed by atoms with van der Waals surface area (Å²) in [5, 5.41) is 6.27. The van der Waals surface area contributed by atoms with E-state index in [0.717, 1.165) is 28.6 Å².